The zero-order chi connectivity index (χ0) is 9.14. The molecule has 0 aliphatic rings. The average molecular weight is 186 g/mol. The van der Waals surface area contributed by atoms with E-state index in [2.05, 4.69) is 4.98 Å². The number of carbonyl (C=O) groups excluding carboxylic acids is 1. The molecule has 0 fully saturated rings. The first-order valence-corrected chi connectivity index (χ1v) is 3.93. The number of aromatic nitrogens is 1. The molecule has 0 aliphatic heterocycles. The standard InChI is InChI=1S/C6H6N2O3S/c7-6(11)3-2-12-4(8-3)1-5(9)10/h2H,1H2,(H2,7,11)(H,9,10). The van der Waals surface area contributed by atoms with Crippen molar-refractivity contribution >= 4 is 23.2 Å². The van der Waals surface area contributed by atoms with Crippen LogP contribution in [0.2, 0.25) is 0 Å². The van der Waals surface area contributed by atoms with Gasteiger partial charge >= 0.3 is 5.97 Å². The first kappa shape index (κ1) is 8.66. The quantitative estimate of drug-likeness (QED) is 0.687. The summed E-state index contributed by atoms with van der Waals surface area (Å²) in [6, 6.07) is 0. The SMILES string of the molecule is NC(=O)c1csc(CC(=O)O)n1. The fraction of sp³-hybridized carbons (Fsp3) is 0.167. The molecular formula is C6H6N2O3S. The number of rotatable bonds is 3. The van der Waals surface area contributed by atoms with Crippen LogP contribution in [-0.4, -0.2) is 22.0 Å². The first-order chi connectivity index (χ1) is 5.59. The minimum absolute atomic E-state index is 0.122. The highest BCUT2D eigenvalue weighted by atomic mass is 32.1. The highest BCUT2D eigenvalue weighted by molar-refractivity contribution is 7.09. The van der Waals surface area contributed by atoms with Crippen LogP contribution >= 0.6 is 11.3 Å². The van der Waals surface area contributed by atoms with Crippen molar-refractivity contribution in [2.24, 2.45) is 5.73 Å². The van der Waals surface area contributed by atoms with E-state index in [0.29, 0.717) is 5.01 Å². The lowest BCUT2D eigenvalue weighted by atomic mass is 10.4. The number of nitrogens with zero attached hydrogens (tertiary/aromatic N) is 1. The second-order valence-corrected chi connectivity index (χ2v) is 3.00. The average Bonchev–Trinajstić information content (AvgIpc) is 2.34. The molecule has 0 aliphatic carbocycles. The smallest absolute Gasteiger partial charge is 0.310 e. The molecule has 64 valence electrons. The summed E-state index contributed by atoms with van der Waals surface area (Å²) < 4.78 is 0. The lowest BCUT2D eigenvalue weighted by Crippen LogP contribution is -2.11. The Morgan fingerprint density at radius 3 is 2.75 bits per heavy atom. The molecule has 12 heavy (non-hydrogen) atoms. The third-order valence-corrected chi connectivity index (χ3v) is 1.96. The van der Waals surface area contributed by atoms with E-state index < -0.39 is 11.9 Å². The molecule has 0 bridgehead atoms. The summed E-state index contributed by atoms with van der Waals surface area (Å²) in [4.78, 5) is 24.4. The number of carbonyl (C=O) groups is 2. The second kappa shape index (κ2) is 3.31. The molecular weight excluding hydrogens is 180 g/mol. The summed E-state index contributed by atoms with van der Waals surface area (Å²) in [6.07, 6.45) is -0.169. The third kappa shape index (κ3) is 2.03. The van der Waals surface area contributed by atoms with Gasteiger partial charge in [-0.1, -0.05) is 0 Å². The van der Waals surface area contributed by atoms with E-state index in [0.717, 1.165) is 11.3 Å². The molecule has 1 rings (SSSR count). The Hall–Kier alpha value is -1.43. The summed E-state index contributed by atoms with van der Waals surface area (Å²) in [5.74, 6) is -1.61. The van der Waals surface area contributed by atoms with Gasteiger partial charge in [0.2, 0.25) is 0 Å². The Labute approximate surface area is 71.8 Å². The Morgan fingerprint density at radius 1 is 1.67 bits per heavy atom. The Balaban J connectivity index is 2.77. The molecule has 0 atom stereocenters. The van der Waals surface area contributed by atoms with Crippen molar-refractivity contribution in [1.29, 1.82) is 0 Å². The fourth-order valence-electron chi connectivity index (χ4n) is 0.635. The predicted molar refractivity (Wildman–Crippen MR) is 42.0 cm³/mol. The summed E-state index contributed by atoms with van der Waals surface area (Å²) in [6.45, 7) is 0. The van der Waals surface area contributed by atoms with Gasteiger partial charge in [0.1, 0.15) is 10.7 Å². The number of nitrogens with two attached hydrogens (primary N) is 1. The fourth-order valence-corrected chi connectivity index (χ4v) is 1.41. The van der Waals surface area contributed by atoms with Gasteiger partial charge in [-0.2, -0.15) is 0 Å². The highest BCUT2D eigenvalue weighted by Crippen LogP contribution is 2.09. The van der Waals surface area contributed by atoms with Crippen molar-refractivity contribution in [2.45, 2.75) is 6.42 Å². The number of hydrogen-bond acceptors (Lipinski definition) is 4. The number of carboxylic acids is 1. The highest BCUT2D eigenvalue weighted by Gasteiger charge is 2.08. The van der Waals surface area contributed by atoms with Gasteiger partial charge in [-0.3, -0.25) is 9.59 Å². The van der Waals surface area contributed by atoms with Gasteiger partial charge in [-0.25, -0.2) is 4.98 Å². The maximum Gasteiger partial charge on any atom is 0.310 e. The minimum Gasteiger partial charge on any atom is -0.481 e. The third-order valence-electron chi connectivity index (χ3n) is 1.11. The van der Waals surface area contributed by atoms with Crippen molar-refractivity contribution in [3.8, 4) is 0 Å². The predicted octanol–water partition coefficient (Wildman–Crippen LogP) is -0.131. The Bertz CT molecular complexity index is 320. The van der Waals surface area contributed by atoms with E-state index in [1.54, 1.807) is 0 Å². The molecule has 0 saturated carbocycles. The largest absolute Gasteiger partial charge is 0.481 e. The van der Waals surface area contributed by atoms with Crippen molar-refractivity contribution in [1.82, 2.24) is 4.98 Å². The number of carboxylic acid groups (broad SMARTS) is 1. The molecule has 1 aromatic rings. The monoisotopic (exact) mass is 186 g/mol. The molecule has 0 unspecified atom stereocenters. The van der Waals surface area contributed by atoms with E-state index in [-0.39, 0.29) is 12.1 Å². The van der Waals surface area contributed by atoms with Gasteiger partial charge in [-0.15, -0.1) is 11.3 Å². The molecule has 1 amide bonds. The van der Waals surface area contributed by atoms with Crippen LogP contribution in [0.3, 0.4) is 0 Å². The zero-order valence-electron chi connectivity index (χ0n) is 5.98. The van der Waals surface area contributed by atoms with Crippen LogP contribution < -0.4 is 5.73 Å². The van der Waals surface area contributed by atoms with E-state index in [4.69, 9.17) is 10.8 Å². The van der Waals surface area contributed by atoms with E-state index in [1.165, 1.54) is 5.38 Å². The van der Waals surface area contributed by atoms with Gasteiger partial charge < -0.3 is 10.8 Å². The van der Waals surface area contributed by atoms with Crippen LogP contribution in [0.25, 0.3) is 0 Å². The molecule has 1 heterocycles. The maximum atomic E-state index is 10.5. The summed E-state index contributed by atoms with van der Waals surface area (Å²) in [5.41, 5.74) is 5.04. The van der Waals surface area contributed by atoms with Gasteiger partial charge in [0.15, 0.2) is 0 Å². The van der Waals surface area contributed by atoms with Crippen LogP contribution in [0, 0.1) is 0 Å². The van der Waals surface area contributed by atoms with Gasteiger partial charge in [0.25, 0.3) is 5.91 Å². The van der Waals surface area contributed by atoms with Crippen LogP contribution in [0.1, 0.15) is 15.5 Å². The number of aliphatic carboxylic acids is 1. The summed E-state index contributed by atoms with van der Waals surface area (Å²) in [7, 11) is 0. The molecule has 6 heteroatoms. The first-order valence-electron chi connectivity index (χ1n) is 3.05. The Morgan fingerprint density at radius 2 is 2.33 bits per heavy atom. The zero-order valence-corrected chi connectivity index (χ0v) is 6.80. The van der Waals surface area contributed by atoms with Gasteiger partial charge in [-0.05, 0) is 0 Å². The van der Waals surface area contributed by atoms with Gasteiger partial charge in [0.05, 0.1) is 6.42 Å². The molecule has 3 N–H and O–H groups in total. The molecule has 0 saturated heterocycles. The molecule has 0 aromatic carbocycles. The maximum absolute atomic E-state index is 10.5. The lowest BCUT2D eigenvalue weighted by Gasteiger charge is -1.86. The molecule has 5 nitrogen and oxygen atoms in total. The summed E-state index contributed by atoms with van der Waals surface area (Å²) in [5, 5.41) is 10.2. The molecule has 1 aromatic heterocycles. The Kier molecular flexibility index (Phi) is 2.39. The topological polar surface area (TPSA) is 93.3 Å². The normalized spacial score (nSPS) is 9.67. The van der Waals surface area contributed by atoms with E-state index >= 15 is 0 Å². The summed E-state index contributed by atoms with van der Waals surface area (Å²) >= 11 is 1.11. The van der Waals surface area contributed by atoms with Crippen molar-refractivity contribution < 1.29 is 14.7 Å². The van der Waals surface area contributed by atoms with Crippen LogP contribution in [0.15, 0.2) is 5.38 Å². The van der Waals surface area contributed by atoms with Crippen LogP contribution in [0.5, 0.6) is 0 Å². The minimum atomic E-state index is -0.972. The number of primary amides is 1. The van der Waals surface area contributed by atoms with Crippen molar-refractivity contribution in [3.63, 3.8) is 0 Å². The lowest BCUT2D eigenvalue weighted by molar-refractivity contribution is -0.136. The number of amides is 1. The molecule has 0 spiro atoms. The second-order valence-electron chi connectivity index (χ2n) is 2.06. The van der Waals surface area contributed by atoms with Gasteiger partial charge in [0, 0.05) is 5.38 Å². The number of hydrogen-bond donors (Lipinski definition) is 2. The van der Waals surface area contributed by atoms with E-state index in [1.807, 2.05) is 0 Å². The number of thiazole rings is 1. The van der Waals surface area contributed by atoms with Crippen molar-refractivity contribution in [3.05, 3.63) is 16.1 Å². The van der Waals surface area contributed by atoms with Crippen LogP contribution in [-0.2, 0) is 11.2 Å². The van der Waals surface area contributed by atoms with E-state index in [9.17, 15) is 9.59 Å². The van der Waals surface area contributed by atoms with Crippen molar-refractivity contribution in [2.75, 3.05) is 0 Å². The molecule has 0 radical (unpaired) electrons. The van der Waals surface area contributed by atoms with Crippen LogP contribution in [0.4, 0.5) is 0 Å².